The van der Waals surface area contributed by atoms with E-state index in [4.69, 9.17) is 4.74 Å². The first kappa shape index (κ1) is 20.4. The van der Waals surface area contributed by atoms with Crippen LogP contribution in [0, 0.1) is 13.8 Å². The van der Waals surface area contributed by atoms with Gasteiger partial charge in [-0.25, -0.2) is 9.97 Å². The third-order valence-corrected chi connectivity index (χ3v) is 6.27. The number of aromatic nitrogens is 2. The molecule has 0 radical (unpaired) electrons. The SMILES string of the molecule is Cc1cc(C)nc(SCC(=O)OCC(=O)N2c3ccccc3Sc3ccccc32)n1. The molecule has 0 atom stereocenters. The van der Waals surface area contributed by atoms with E-state index in [9.17, 15) is 9.59 Å². The van der Waals surface area contributed by atoms with Crippen molar-refractivity contribution in [2.45, 2.75) is 28.8 Å². The Labute approximate surface area is 183 Å². The van der Waals surface area contributed by atoms with Crippen LogP contribution >= 0.6 is 23.5 Å². The fourth-order valence-corrected chi connectivity index (χ4v) is 4.91. The maximum absolute atomic E-state index is 13.0. The Hall–Kier alpha value is -2.84. The second-order valence-electron chi connectivity index (χ2n) is 6.65. The van der Waals surface area contributed by atoms with E-state index in [-0.39, 0.29) is 18.3 Å². The van der Waals surface area contributed by atoms with Gasteiger partial charge in [-0.05, 0) is 44.2 Å². The average Bonchev–Trinajstić information content (AvgIpc) is 2.73. The number of para-hydroxylation sites is 2. The minimum absolute atomic E-state index is 0.0409. The standard InChI is InChI=1S/C22H19N3O3S2/c1-14-11-15(2)24-22(23-14)29-13-21(27)28-12-20(26)25-16-7-3-5-9-18(16)30-19-10-6-4-8-17(19)25/h3-11H,12-13H2,1-2H3. The molecular formula is C22H19N3O3S2. The van der Waals surface area contributed by atoms with Crippen LogP contribution < -0.4 is 4.90 Å². The first-order chi connectivity index (χ1) is 14.5. The summed E-state index contributed by atoms with van der Waals surface area (Å²) in [5.41, 5.74) is 3.27. The van der Waals surface area contributed by atoms with Crippen molar-refractivity contribution >= 4 is 46.8 Å². The number of rotatable bonds is 5. The van der Waals surface area contributed by atoms with Gasteiger partial charge in [-0.15, -0.1) is 0 Å². The van der Waals surface area contributed by atoms with Crippen molar-refractivity contribution in [3.8, 4) is 0 Å². The van der Waals surface area contributed by atoms with Gasteiger partial charge in [0.1, 0.15) is 0 Å². The highest BCUT2D eigenvalue weighted by Crippen LogP contribution is 2.47. The predicted octanol–water partition coefficient (Wildman–Crippen LogP) is 4.56. The zero-order valence-corrected chi connectivity index (χ0v) is 18.1. The predicted molar refractivity (Wildman–Crippen MR) is 117 cm³/mol. The second kappa shape index (κ2) is 8.89. The summed E-state index contributed by atoms with van der Waals surface area (Å²) in [4.78, 5) is 37.4. The van der Waals surface area contributed by atoms with Gasteiger partial charge in [0.2, 0.25) is 0 Å². The van der Waals surface area contributed by atoms with Crippen molar-refractivity contribution in [3.05, 3.63) is 66.0 Å². The monoisotopic (exact) mass is 437 g/mol. The van der Waals surface area contributed by atoms with Crippen LogP contribution in [-0.2, 0) is 14.3 Å². The zero-order chi connectivity index (χ0) is 21.1. The van der Waals surface area contributed by atoms with Gasteiger partial charge in [-0.1, -0.05) is 47.8 Å². The van der Waals surface area contributed by atoms with Crippen LogP contribution in [0.5, 0.6) is 0 Å². The van der Waals surface area contributed by atoms with E-state index in [1.54, 1.807) is 16.7 Å². The number of esters is 1. The van der Waals surface area contributed by atoms with E-state index in [1.165, 1.54) is 11.8 Å². The first-order valence-corrected chi connectivity index (χ1v) is 11.1. The lowest BCUT2D eigenvalue weighted by molar-refractivity contribution is -0.144. The second-order valence-corrected chi connectivity index (χ2v) is 8.68. The topological polar surface area (TPSA) is 72.4 Å². The third kappa shape index (κ3) is 4.49. The summed E-state index contributed by atoms with van der Waals surface area (Å²) in [7, 11) is 0. The molecule has 0 fully saturated rings. The smallest absolute Gasteiger partial charge is 0.316 e. The van der Waals surface area contributed by atoms with Gasteiger partial charge in [0.05, 0.1) is 17.1 Å². The normalized spacial score (nSPS) is 12.1. The summed E-state index contributed by atoms with van der Waals surface area (Å²) in [6.07, 6.45) is 0. The Bertz CT molecular complexity index is 1050. The molecule has 0 unspecified atom stereocenters. The van der Waals surface area contributed by atoms with Gasteiger partial charge in [0.15, 0.2) is 11.8 Å². The lowest BCUT2D eigenvalue weighted by Gasteiger charge is -2.30. The molecule has 3 aromatic rings. The number of fused-ring (bicyclic) bond motifs is 2. The van der Waals surface area contributed by atoms with Crippen molar-refractivity contribution in [1.82, 2.24) is 9.97 Å². The van der Waals surface area contributed by atoms with Crippen LogP contribution in [0.25, 0.3) is 0 Å². The summed E-state index contributed by atoms with van der Waals surface area (Å²) in [5, 5.41) is 0.520. The Morgan fingerprint density at radius 1 is 0.967 bits per heavy atom. The molecule has 1 amide bonds. The zero-order valence-electron chi connectivity index (χ0n) is 16.5. The molecule has 0 aliphatic carbocycles. The number of thioether (sulfide) groups is 1. The van der Waals surface area contributed by atoms with Gasteiger partial charge in [0, 0.05) is 21.2 Å². The fourth-order valence-electron chi connectivity index (χ4n) is 3.10. The molecular weight excluding hydrogens is 418 g/mol. The summed E-state index contributed by atoms with van der Waals surface area (Å²) >= 11 is 2.81. The van der Waals surface area contributed by atoms with Crippen LogP contribution in [0.15, 0.2) is 69.5 Å². The highest BCUT2D eigenvalue weighted by molar-refractivity contribution is 8.00. The van der Waals surface area contributed by atoms with Crippen LogP contribution in [-0.4, -0.2) is 34.2 Å². The number of nitrogens with zero attached hydrogens (tertiary/aromatic N) is 3. The van der Waals surface area contributed by atoms with Crippen molar-refractivity contribution in [1.29, 1.82) is 0 Å². The minimum atomic E-state index is -0.482. The lowest BCUT2D eigenvalue weighted by Crippen LogP contribution is -2.32. The number of ether oxygens (including phenoxy) is 1. The number of amides is 1. The maximum atomic E-state index is 13.0. The largest absolute Gasteiger partial charge is 0.455 e. The Morgan fingerprint density at radius 2 is 1.53 bits per heavy atom. The van der Waals surface area contributed by atoms with Gasteiger partial charge >= 0.3 is 5.97 Å². The average molecular weight is 438 g/mol. The Morgan fingerprint density at radius 3 is 2.13 bits per heavy atom. The van der Waals surface area contributed by atoms with E-state index in [0.29, 0.717) is 5.16 Å². The molecule has 0 bridgehead atoms. The molecule has 0 N–H and O–H groups in total. The van der Waals surface area contributed by atoms with Gasteiger partial charge in [-0.3, -0.25) is 14.5 Å². The number of carbonyl (C=O) groups is 2. The van der Waals surface area contributed by atoms with E-state index >= 15 is 0 Å². The number of aryl methyl sites for hydroxylation is 2. The van der Waals surface area contributed by atoms with Gasteiger partial charge < -0.3 is 4.74 Å². The molecule has 4 rings (SSSR count). The minimum Gasteiger partial charge on any atom is -0.455 e. The van der Waals surface area contributed by atoms with Crippen LogP contribution in [0.3, 0.4) is 0 Å². The molecule has 2 aromatic carbocycles. The summed E-state index contributed by atoms with van der Waals surface area (Å²) in [5.74, 6) is -0.737. The summed E-state index contributed by atoms with van der Waals surface area (Å²) < 4.78 is 5.26. The number of carbonyl (C=O) groups excluding carboxylic acids is 2. The number of hydrogen-bond acceptors (Lipinski definition) is 7. The van der Waals surface area contributed by atoms with Crippen LogP contribution in [0.2, 0.25) is 0 Å². The molecule has 0 saturated heterocycles. The molecule has 1 aliphatic heterocycles. The molecule has 8 heteroatoms. The Kier molecular flexibility index (Phi) is 6.06. The highest BCUT2D eigenvalue weighted by atomic mass is 32.2. The molecule has 1 aliphatic rings. The summed E-state index contributed by atoms with van der Waals surface area (Å²) in [6.45, 7) is 3.42. The molecule has 152 valence electrons. The molecule has 30 heavy (non-hydrogen) atoms. The number of benzene rings is 2. The van der Waals surface area contributed by atoms with Crippen molar-refractivity contribution < 1.29 is 14.3 Å². The third-order valence-electron chi connectivity index (χ3n) is 4.32. The van der Waals surface area contributed by atoms with Crippen LogP contribution in [0.4, 0.5) is 11.4 Å². The van der Waals surface area contributed by atoms with E-state index in [1.807, 2.05) is 68.4 Å². The van der Waals surface area contributed by atoms with Crippen molar-refractivity contribution in [2.24, 2.45) is 0 Å². The molecule has 0 saturated carbocycles. The number of hydrogen-bond donors (Lipinski definition) is 0. The van der Waals surface area contributed by atoms with E-state index in [0.717, 1.165) is 32.6 Å². The summed E-state index contributed by atoms with van der Waals surface area (Å²) in [6, 6.07) is 17.3. The number of anilines is 2. The molecule has 6 nitrogen and oxygen atoms in total. The van der Waals surface area contributed by atoms with Crippen molar-refractivity contribution in [2.75, 3.05) is 17.3 Å². The molecule has 0 spiro atoms. The lowest BCUT2D eigenvalue weighted by atomic mass is 10.2. The van der Waals surface area contributed by atoms with Crippen LogP contribution in [0.1, 0.15) is 11.4 Å². The maximum Gasteiger partial charge on any atom is 0.316 e. The van der Waals surface area contributed by atoms with Gasteiger partial charge in [0.25, 0.3) is 5.91 Å². The fraction of sp³-hybridized carbons (Fsp3) is 0.182. The van der Waals surface area contributed by atoms with Crippen molar-refractivity contribution in [3.63, 3.8) is 0 Å². The highest BCUT2D eigenvalue weighted by Gasteiger charge is 2.28. The van der Waals surface area contributed by atoms with E-state index in [2.05, 4.69) is 9.97 Å². The quantitative estimate of drug-likeness (QED) is 0.329. The molecule has 2 heterocycles. The molecule has 1 aromatic heterocycles. The first-order valence-electron chi connectivity index (χ1n) is 9.31. The Balaban J connectivity index is 1.42. The van der Waals surface area contributed by atoms with E-state index < -0.39 is 5.97 Å². The van der Waals surface area contributed by atoms with Gasteiger partial charge in [-0.2, -0.15) is 0 Å².